The van der Waals surface area contributed by atoms with Crippen LogP contribution in [0.25, 0.3) is 0 Å². The Morgan fingerprint density at radius 1 is 1.15 bits per heavy atom. The van der Waals surface area contributed by atoms with Crippen molar-refractivity contribution in [2.75, 3.05) is 41.7 Å². The summed E-state index contributed by atoms with van der Waals surface area (Å²) < 4.78 is 35.5. The molecule has 8 nitrogen and oxygen atoms in total. The number of nitrogens with one attached hydrogen (secondary N) is 1. The van der Waals surface area contributed by atoms with Crippen molar-refractivity contribution in [2.24, 2.45) is 4.99 Å². The van der Waals surface area contributed by atoms with Gasteiger partial charge in [-0.1, -0.05) is 29.5 Å². The number of methoxy groups -OCH3 is 2. The normalized spacial score (nSPS) is 20.8. The minimum absolute atomic E-state index is 0.000346. The number of carbonyl (C=O) groups is 1. The van der Waals surface area contributed by atoms with Gasteiger partial charge in [-0.15, -0.1) is 0 Å². The third kappa shape index (κ3) is 4.96. The van der Waals surface area contributed by atoms with Crippen molar-refractivity contribution in [3.8, 4) is 11.5 Å². The number of carbonyl (C=O) groups excluding carboxylic acids is 1. The van der Waals surface area contributed by atoms with Gasteiger partial charge in [-0.2, -0.15) is 0 Å². The fourth-order valence-electron chi connectivity index (χ4n) is 4.17. The summed E-state index contributed by atoms with van der Waals surface area (Å²) in [6, 6.07) is 10.5. The van der Waals surface area contributed by atoms with Crippen LogP contribution in [0, 0.1) is 13.8 Å². The first kappa shape index (κ1) is 23.4. The molecule has 4 rings (SSSR count). The summed E-state index contributed by atoms with van der Waals surface area (Å²) in [6.07, 6.45) is 0. The van der Waals surface area contributed by atoms with E-state index < -0.39 is 9.84 Å². The third-order valence-corrected chi connectivity index (χ3v) is 8.41. The molecule has 1 fully saturated rings. The number of aliphatic imine (C=N–C) groups is 1. The first-order valence-corrected chi connectivity index (χ1v) is 13.3. The van der Waals surface area contributed by atoms with Gasteiger partial charge in [0.1, 0.15) is 11.5 Å². The quantitative estimate of drug-likeness (QED) is 0.666. The van der Waals surface area contributed by atoms with Gasteiger partial charge in [0.15, 0.2) is 15.0 Å². The maximum absolute atomic E-state index is 12.7. The standard InChI is InChI=1S/C23H27N3O5S2/c1-14-5-7-17(15(2)9-14)24-22(27)11-32-23-25-18-12-33(28,29)13-20(18)26(23)19-10-16(30-3)6-8-21(19)31-4/h5-10,18,20H,11-13H2,1-4H3,(H,24,27)/t18-,20+/m1/s1. The zero-order valence-corrected chi connectivity index (χ0v) is 20.6. The lowest BCUT2D eigenvalue weighted by Crippen LogP contribution is -2.39. The number of hydrogen-bond acceptors (Lipinski definition) is 8. The lowest BCUT2D eigenvalue weighted by Gasteiger charge is -2.28. The van der Waals surface area contributed by atoms with E-state index in [0.29, 0.717) is 22.4 Å². The Bertz CT molecular complexity index is 1210. The van der Waals surface area contributed by atoms with Crippen LogP contribution in [0.4, 0.5) is 11.4 Å². The van der Waals surface area contributed by atoms with Crippen LogP contribution in [-0.2, 0) is 14.6 Å². The SMILES string of the molecule is COc1ccc(OC)c(N2C(SCC(=O)Nc3ccc(C)cc3C)=N[C@@H]3CS(=O)(=O)C[C@@H]32)c1. The van der Waals surface area contributed by atoms with Crippen LogP contribution in [0.15, 0.2) is 41.4 Å². The average molecular weight is 490 g/mol. The van der Waals surface area contributed by atoms with Crippen molar-refractivity contribution in [2.45, 2.75) is 25.9 Å². The number of nitrogens with zero attached hydrogens (tertiary/aromatic N) is 2. The fourth-order valence-corrected chi connectivity index (χ4v) is 6.93. The lowest BCUT2D eigenvalue weighted by atomic mass is 10.1. The molecule has 1 amide bonds. The minimum atomic E-state index is -3.19. The first-order valence-electron chi connectivity index (χ1n) is 10.5. The molecule has 2 aliphatic heterocycles. The second kappa shape index (κ2) is 9.26. The minimum Gasteiger partial charge on any atom is -0.497 e. The van der Waals surface area contributed by atoms with Crippen LogP contribution in [0.1, 0.15) is 11.1 Å². The van der Waals surface area contributed by atoms with Crippen LogP contribution < -0.4 is 19.7 Å². The molecule has 0 aliphatic carbocycles. The second-order valence-electron chi connectivity index (χ2n) is 8.19. The monoisotopic (exact) mass is 489 g/mol. The van der Waals surface area contributed by atoms with Gasteiger partial charge < -0.3 is 19.7 Å². The molecule has 0 radical (unpaired) electrons. The highest BCUT2D eigenvalue weighted by atomic mass is 32.2. The molecule has 176 valence electrons. The summed E-state index contributed by atoms with van der Waals surface area (Å²) in [5.41, 5.74) is 3.56. The molecular formula is C23H27N3O5S2. The zero-order valence-electron chi connectivity index (χ0n) is 19.0. The molecule has 0 aromatic heterocycles. The number of sulfone groups is 1. The number of amides is 1. The number of thioether (sulfide) groups is 1. The summed E-state index contributed by atoms with van der Waals surface area (Å²) >= 11 is 1.29. The van der Waals surface area contributed by atoms with E-state index in [1.165, 1.54) is 11.8 Å². The molecule has 2 heterocycles. The van der Waals surface area contributed by atoms with Gasteiger partial charge in [0, 0.05) is 11.8 Å². The van der Waals surface area contributed by atoms with Gasteiger partial charge >= 0.3 is 0 Å². The second-order valence-corrected chi connectivity index (χ2v) is 11.3. The first-order chi connectivity index (χ1) is 15.7. The Kier molecular flexibility index (Phi) is 6.58. The Hall–Kier alpha value is -2.72. The molecule has 2 atom stereocenters. The maximum atomic E-state index is 12.7. The molecule has 1 saturated heterocycles. The van der Waals surface area contributed by atoms with Crippen molar-refractivity contribution >= 4 is 44.0 Å². The van der Waals surface area contributed by atoms with Crippen LogP contribution in [0.2, 0.25) is 0 Å². The number of rotatable bonds is 6. The molecule has 2 aliphatic rings. The maximum Gasteiger partial charge on any atom is 0.234 e. The van der Waals surface area contributed by atoms with Gasteiger partial charge in [0.25, 0.3) is 0 Å². The topological polar surface area (TPSA) is 97.3 Å². The Morgan fingerprint density at radius 3 is 2.64 bits per heavy atom. The summed E-state index contributed by atoms with van der Waals surface area (Å²) in [5, 5.41) is 3.55. The van der Waals surface area contributed by atoms with E-state index in [0.717, 1.165) is 16.8 Å². The molecule has 0 saturated carbocycles. The average Bonchev–Trinajstić information content (AvgIpc) is 3.24. The van der Waals surface area contributed by atoms with Crippen LogP contribution in [0.5, 0.6) is 11.5 Å². The third-order valence-electron chi connectivity index (χ3n) is 5.74. The molecule has 33 heavy (non-hydrogen) atoms. The smallest absolute Gasteiger partial charge is 0.234 e. The van der Waals surface area contributed by atoms with Crippen molar-refractivity contribution in [1.82, 2.24) is 0 Å². The summed E-state index contributed by atoms with van der Waals surface area (Å²) in [6.45, 7) is 3.96. The van der Waals surface area contributed by atoms with Gasteiger partial charge in [0.2, 0.25) is 5.91 Å². The molecule has 0 bridgehead atoms. The van der Waals surface area contributed by atoms with Crippen molar-refractivity contribution in [3.63, 3.8) is 0 Å². The molecule has 0 spiro atoms. The van der Waals surface area contributed by atoms with Crippen LogP contribution in [-0.4, -0.2) is 63.1 Å². The highest BCUT2D eigenvalue weighted by molar-refractivity contribution is 8.14. The number of fused-ring (bicyclic) bond motifs is 1. The van der Waals surface area contributed by atoms with Crippen molar-refractivity contribution in [3.05, 3.63) is 47.5 Å². The van der Waals surface area contributed by atoms with Crippen LogP contribution >= 0.6 is 11.8 Å². The van der Waals surface area contributed by atoms with E-state index in [4.69, 9.17) is 14.5 Å². The molecular weight excluding hydrogens is 462 g/mol. The molecule has 2 aromatic carbocycles. The number of anilines is 2. The van der Waals surface area contributed by atoms with E-state index in [2.05, 4.69) is 5.32 Å². The Labute approximate surface area is 198 Å². The molecule has 0 unspecified atom stereocenters. The molecule has 2 aromatic rings. The number of ether oxygens (including phenoxy) is 2. The molecule has 10 heteroatoms. The van der Waals surface area contributed by atoms with E-state index in [9.17, 15) is 13.2 Å². The Morgan fingerprint density at radius 2 is 1.94 bits per heavy atom. The predicted molar refractivity (Wildman–Crippen MR) is 133 cm³/mol. The van der Waals surface area contributed by atoms with E-state index in [1.807, 2.05) is 36.9 Å². The van der Waals surface area contributed by atoms with Gasteiger partial charge in [-0.05, 0) is 37.6 Å². The number of hydrogen-bond donors (Lipinski definition) is 1. The lowest BCUT2D eigenvalue weighted by molar-refractivity contribution is -0.113. The number of amidine groups is 1. The highest BCUT2D eigenvalue weighted by Gasteiger charge is 2.48. The molecule has 1 N–H and O–H groups in total. The summed E-state index contributed by atoms with van der Waals surface area (Å²) in [5.74, 6) is 1.18. The summed E-state index contributed by atoms with van der Waals surface area (Å²) in [4.78, 5) is 19.2. The van der Waals surface area contributed by atoms with E-state index in [1.54, 1.807) is 32.4 Å². The van der Waals surface area contributed by atoms with E-state index >= 15 is 0 Å². The number of benzene rings is 2. The highest BCUT2D eigenvalue weighted by Crippen LogP contribution is 2.41. The van der Waals surface area contributed by atoms with Gasteiger partial charge in [-0.3, -0.25) is 9.79 Å². The van der Waals surface area contributed by atoms with Gasteiger partial charge in [0.05, 0.1) is 49.2 Å². The van der Waals surface area contributed by atoms with Gasteiger partial charge in [-0.25, -0.2) is 8.42 Å². The van der Waals surface area contributed by atoms with Crippen LogP contribution in [0.3, 0.4) is 0 Å². The number of aryl methyl sites for hydroxylation is 2. The van der Waals surface area contributed by atoms with Crippen molar-refractivity contribution in [1.29, 1.82) is 0 Å². The van der Waals surface area contributed by atoms with Crippen molar-refractivity contribution < 1.29 is 22.7 Å². The predicted octanol–water partition coefficient (Wildman–Crippen LogP) is 3.03. The Balaban J connectivity index is 1.57. The fraction of sp³-hybridized carbons (Fsp3) is 0.391. The zero-order chi connectivity index (χ0) is 23.8. The summed E-state index contributed by atoms with van der Waals surface area (Å²) in [7, 11) is -0.0647. The largest absolute Gasteiger partial charge is 0.497 e. The van der Waals surface area contributed by atoms with E-state index in [-0.39, 0.29) is 35.2 Å².